The quantitative estimate of drug-likeness (QED) is 0.355. The number of hydrogen-bond donors (Lipinski definition) is 1. The summed E-state index contributed by atoms with van der Waals surface area (Å²) >= 11 is 0. The Kier molecular flexibility index (Phi) is 5.72. The van der Waals surface area contributed by atoms with E-state index in [1.807, 2.05) is 0 Å². The summed E-state index contributed by atoms with van der Waals surface area (Å²) < 4.78 is 43.7. The van der Waals surface area contributed by atoms with Crippen molar-refractivity contribution in [2.75, 3.05) is 5.32 Å². The third kappa shape index (κ3) is 4.40. The van der Waals surface area contributed by atoms with Crippen LogP contribution in [-0.4, -0.2) is 30.3 Å². The van der Waals surface area contributed by atoms with E-state index in [4.69, 9.17) is 5.26 Å². The van der Waals surface area contributed by atoms with Gasteiger partial charge in [0.25, 0.3) is 0 Å². The maximum absolute atomic E-state index is 13.5. The van der Waals surface area contributed by atoms with Crippen LogP contribution in [0.5, 0.6) is 0 Å². The number of nitrogens with zero attached hydrogens (tertiary/aromatic N) is 6. The molecule has 0 aliphatic rings. The van der Waals surface area contributed by atoms with Crippen molar-refractivity contribution in [3.63, 3.8) is 0 Å². The van der Waals surface area contributed by atoms with Gasteiger partial charge in [0.1, 0.15) is 0 Å². The van der Waals surface area contributed by atoms with Crippen LogP contribution in [0.4, 0.5) is 19.1 Å². The van der Waals surface area contributed by atoms with Crippen LogP contribution < -0.4 is 5.32 Å². The molecular formula is C26H18F3N7O. The molecule has 0 radical (unpaired) electrons. The van der Waals surface area contributed by atoms with Crippen molar-refractivity contribution < 1.29 is 18.0 Å². The predicted molar refractivity (Wildman–Crippen MR) is 130 cm³/mol. The Morgan fingerprint density at radius 1 is 1.11 bits per heavy atom. The van der Waals surface area contributed by atoms with Crippen molar-refractivity contribution in [1.82, 2.24) is 24.4 Å². The Bertz CT molecular complexity index is 1690. The minimum absolute atomic E-state index is 0.0258. The molecule has 0 bridgehead atoms. The number of halogens is 3. The topological polar surface area (TPSA) is 101 Å². The summed E-state index contributed by atoms with van der Waals surface area (Å²) in [6, 6.07) is 15.7. The van der Waals surface area contributed by atoms with E-state index < -0.39 is 11.7 Å². The lowest BCUT2D eigenvalue weighted by Crippen LogP contribution is -2.07. The van der Waals surface area contributed by atoms with Crippen molar-refractivity contribution in [2.24, 2.45) is 0 Å². The predicted octanol–water partition coefficient (Wildman–Crippen LogP) is 5.41. The Labute approximate surface area is 208 Å². The molecule has 37 heavy (non-hydrogen) atoms. The molecule has 1 amide bonds. The van der Waals surface area contributed by atoms with Crippen molar-refractivity contribution in [2.45, 2.75) is 20.0 Å². The first kappa shape index (κ1) is 23.7. The Morgan fingerprint density at radius 2 is 1.86 bits per heavy atom. The van der Waals surface area contributed by atoms with E-state index in [1.165, 1.54) is 17.5 Å². The summed E-state index contributed by atoms with van der Waals surface area (Å²) in [5.74, 6) is -0.356. The number of fused-ring (bicyclic) bond motifs is 1. The third-order valence-electron chi connectivity index (χ3n) is 5.81. The number of aromatic nitrogens is 5. The number of rotatable bonds is 4. The number of pyridine rings is 1. The highest BCUT2D eigenvalue weighted by atomic mass is 19.4. The molecule has 5 aromatic rings. The van der Waals surface area contributed by atoms with E-state index in [0.717, 1.165) is 12.1 Å². The van der Waals surface area contributed by atoms with Gasteiger partial charge in [-0.25, -0.2) is 9.20 Å². The van der Waals surface area contributed by atoms with Gasteiger partial charge < -0.3 is 0 Å². The van der Waals surface area contributed by atoms with Gasteiger partial charge in [-0.05, 0) is 60.5 Å². The first-order valence-electron chi connectivity index (χ1n) is 11.1. The van der Waals surface area contributed by atoms with E-state index >= 15 is 0 Å². The molecule has 0 unspecified atom stereocenters. The molecular weight excluding hydrogens is 483 g/mol. The molecule has 0 saturated carbocycles. The highest BCUT2D eigenvalue weighted by Crippen LogP contribution is 2.38. The average molecular weight is 501 g/mol. The fraction of sp³-hybridized carbons (Fsp3) is 0.115. The number of nitriles is 1. The molecule has 0 spiro atoms. The van der Waals surface area contributed by atoms with Crippen LogP contribution in [0.25, 0.3) is 33.7 Å². The van der Waals surface area contributed by atoms with Gasteiger partial charge in [-0.15, -0.1) is 5.10 Å². The number of amides is 1. The monoisotopic (exact) mass is 501 g/mol. The number of nitrogens with one attached hydrogen (secondary N) is 1. The summed E-state index contributed by atoms with van der Waals surface area (Å²) in [7, 11) is 0. The molecule has 1 N–H and O–H groups in total. The van der Waals surface area contributed by atoms with Gasteiger partial charge in [0, 0.05) is 24.2 Å². The van der Waals surface area contributed by atoms with Gasteiger partial charge in [-0.1, -0.05) is 12.1 Å². The third-order valence-corrected chi connectivity index (χ3v) is 5.81. The van der Waals surface area contributed by atoms with Gasteiger partial charge in [0.05, 0.1) is 34.8 Å². The van der Waals surface area contributed by atoms with E-state index in [1.54, 1.807) is 60.4 Å². The summed E-state index contributed by atoms with van der Waals surface area (Å²) in [6.07, 6.45) is -1.23. The molecule has 0 aliphatic heterocycles. The molecule has 0 aliphatic carbocycles. The number of carbonyl (C=O) groups excluding carboxylic acids is 1. The lowest BCUT2D eigenvalue weighted by Gasteiger charge is -2.16. The van der Waals surface area contributed by atoms with Gasteiger partial charge in [-0.2, -0.15) is 28.5 Å². The van der Waals surface area contributed by atoms with Gasteiger partial charge in [0.15, 0.2) is 5.65 Å². The van der Waals surface area contributed by atoms with E-state index in [9.17, 15) is 18.0 Å². The van der Waals surface area contributed by atoms with Crippen LogP contribution in [0.15, 0.2) is 67.0 Å². The molecule has 0 fully saturated rings. The molecule has 5 rings (SSSR count). The molecule has 3 heterocycles. The lowest BCUT2D eigenvalue weighted by molar-refractivity contribution is -0.137. The lowest BCUT2D eigenvalue weighted by atomic mass is 9.95. The molecule has 0 atom stereocenters. The van der Waals surface area contributed by atoms with E-state index in [2.05, 4.69) is 26.6 Å². The van der Waals surface area contributed by atoms with Gasteiger partial charge >= 0.3 is 6.18 Å². The zero-order valence-corrected chi connectivity index (χ0v) is 19.6. The summed E-state index contributed by atoms with van der Waals surface area (Å²) in [5.41, 5.74) is 3.34. The smallest absolute Gasteiger partial charge is 0.293 e. The van der Waals surface area contributed by atoms with Crippen molar-refractivity contribution in [3.05, 3.63) is 83.7 Å². The first-order valence-corrected chi connectivity index (χ1v) is 11.1. The van der Waals surface area contributed by atoms with Crippen LogP contribution in [-0.2, 0) is 11.0 Å². The van der Waals surface area contributed by atoms with Crippen LogP contribution in [0.3, 0.4) is 0 Å². The highest BCUT2D eigenvalue weighted by Gasteiger charge is 2.31. The summed E-state index contributed by atoms with van der Waals surface area (Å²) in [5, 5.41) is 20.4. The zero-order chi connectivity index (χ0) is 26.3. The van der Waals surface area contributed by atoms with Crippen LogP contribution in [0.1, 0.15) is 23.6 Å². The normalized spacial score (nSPS) is 11.5. The number of benzene rings is 2. The average Bonchev–Trinajstić information content (AvgIpc) is 3.49. The SMILES string of the molecule is CC(=O)Nc1nc2c(-c3cccc(C(F)(F)F)c3)c(C)c(-c3ccnn3-c3ccc(C#N)cc3)cn2n1. The second-order valence-corrected chi connectivity index (χ2v) is 8.29. The largest absolute Gasteiger partial charge is 0.416 e. The first-order chi connectivity index (χ1) is 17.7. The zero-order valence-electron chi connectivity index (χ0n) is 19.6. The van der Waals surface area contributed by atoms with Gasteiger partial charge in [-0.3, -0.25) is 10.1 Å². The highest BCUT2D eigenvalue weighted by molar-refractivity contribution is 5.89. The maximum atomic E-state index is 13.5. The number of hydrogen-bond acceptors (Lipinski definition) is 5. The Morgan fingerprint density at radius 3 is 2.54 bits per heavy atom. The second kappa shape index (κ2) is 8.91. The molecule has 0 saturated heterocycles. The van der Waals surface area contributed by atoms with Crippen molar-refractivity contribution in [3.8, 4) is 34.1 Å². The van der Waals surface area contributed by atoms with Crippen LogP contribution in [0, 0.1) is 18.3 Å². The molecule has 11 heteroatoms. The minimum Gasteiger partial charge on any atom is -0.293 e. The molecule has 8 nitrogen and oxygen atoms in total. The van der Waals surface area contributed by atoms with Crippen LogP contribution in [0.2, 0.25) is 0 Å². The number of anilines is 1. The fourth-order valence-corrected chi connectivity index (χ4v) is 4.16. The van der Waals surface area contributed by atoms with Crippen molar-refractivity contribution in [1.29, 1.82) is 5.26 Å². The van der Waals surface area contributed by atoms with E-state index in [-0.39, 0.29) is 17.5 Å². The molecule has 2 aromatic carbocycles. The maximum Gasteiger partial charge on any atom is 0.416 e. The number of alkyl halides is 3. The Balaban J connectivity index is 1.77. The standard InChI is InChI=1S/C26H18F3N7O/c1-15-21(22-10-11-31-36(22)20-8-6-17(13-30)7-9-20)14-35-24(33-25(34-35)32-16(2)37)23(15)18-4-3-5-19(12-18)26(27,28)29/h3-12,14H,1-2H3,(H,32,34,37). The van der Waals surface area contributed by atoms with Gasteiger partial charge in [0.2, 0.25) is 11.9 Å². The van der Waals surface area contributed by atoms with Crippen LogP contribution >= 0.6 is 0 Å². The Hall–Kier alpha value is -4.98. The number of carbonyl (C=O) groups is 1. The summed E-state index contributed by atoms with van der Waals surface area (Å²) in [4.78, 5) is 16.0. The fourth-order valence-electron chi connectivity index (χ4n) is 4.16. The molecule has 3 aromatic heterocycles. The summed E-state index contributed by atoms with van der Waals surface area (Å²) in [6.45, 7) is 3.10. The second-order valence-electron chi connectivity index (χ2n) is 8.29. The van der Waals surface area contributed by atoms with E-state index in [0.29, 0.717) is 39.2 Å². The minimum atomic E-state index is -4.53. The molecule has 184 valence electrons. The van der Waals surface area contributed by atoms with Crippen molar-refractivity contribution >= 4 is 17.5 Å².